The van der Waals surface area contributed by atoms with Crippen LogP contribution in [-0.4, -0.2) is 61.4 Å². The van der Waals surface area contributed by atoms with Gasteiger partial charge in [0, 0.05) is 38.8 Å². The maximum absolute atomic E-state index is 13.6. The third-order valence-electron chi connectivity index (χ3n) is 3.64. The number of benzene rings is 1. The number of amides is 2. The number of hydrogen-bond acceptors (Lipinski definition) is 3. The molecule has 120 valence electrons. The van der Waals surface area contributed by atoms with E-state index in [0.29, 0.717) is 13.1 Å². The molecule has 1 heterocycles. The van der Waals surface area contributed by atoms with Crippen LogP contribution in [0, 0.1) is 11.6 Å². The standard InChI is InChI=1S/C15H19F2N3O2/c1-19(10-14(22)20-7-5-18-6-8-20)13(21)9-11-3-2-4-12(16)15(11)17/h2-4,18H,5-10H2,1H3. The second-order valence-electron chi connectivity index (χ2n) is 5.27. The van der Waals surface area contributed by atoms with Gasteiger partial charge in [0.2, 0.25) is 11.8 Å². The summed E-state index contributed by atoms with van der Waals surface area (Å²) in [7, 11) is 1.49. The average molecular weight is 311 g/mol. The van der Waals surface area contributed by atoms with Gasteiger partial charge in [0.25, 0.3) is 0 Å². The Labute approximate surface area is 127 Å². The Bertz CT molecular complexity index is 560. The summed E-state index contributed by atoms with van der Waals surface area (Å²) in [6.07, 6.45) is -0.269. The van der Waals surface area contributed by atoms with Gasteiger partial charge in [-0.05, 0) is 6.07 Å². The smallest absolute Gasteiger partial charge is 0.242 e. The molecule has 1 aromatic carbocycles. The maximum atomic E-state index is 13.6. The number of halogens is 2. The molecule has 1 aliphatic rings. The van der Waals surface area contributed by atoms with Crippen molar-refractivity contribution >= 4 is 11.8 Å². The van der Waals surface area contributed by atoms with Crippen LogP contribution in [0.4, 0.5) is 8.78 Å². The number of nitrogens with zero attached hydrogens (tertiary/aromatic N) is 2. The highest BCUT2D eigenvalue weighted by molar-refractivity contribution is 5.85. The topological polar surface area (TPSA) is 52.7 Å². The third kappa shape index (κ3) is 4.00. The first kappa shape index (κ1) is 16.4. The molecule has 2 rings (SSSR count). The van der Waals surface area contributed by atoms with E-state index in [4.69, 9.17) is 0 Å². The molecule has 1 aromatic rings. The summed E-state index contributed by atoms with van der Waals surface area (Å²) in [5, 5.41) is 3.14. The van der Waals surface area contributed by atoms with Gasteiger partial charge in [-0.15, -0.1) is 0 Å². The van der Waals surface area contributed by atoms with E-state index in [1.807, 2.05) is 0 Å². The number of hydrogen-bond donors (Lipinski definition) is 1. The summed E-state index contributed by atoms with van der Waals surface area (Å²) in [5.41, 5.74) is -0.00790. The molecule has 2 amide bonds. The van der Waals surface area contributed by atoms with Gasteiger partial charge in [-0.2, -0.15) is 0 Å². The van der Waals surface area contributed by atoms with E-state index >= 15 is 0 Å². The Morgan fingerprint density at radius 1 is 1.27 bits per heavy atom. The summed E-state index contributed by atoms with van der Waals surface area (Å²) in [5.74, 6) is -2.56. The lowest BCUT2D eigenvalue weighted by Crippen LogP contribution is -2.49. The van der Waals surface area contributed by atoms with Crippen LogP contribution in [0.2, 0.25) is 0 Å². The fraction of sp³-hybridized carbons (Fsp3) is 0.467. The lowest BCUT2D eigenvalue weighted by atomic mass is 10.1. The molecular weight excluding hydrogens is 292 g/mol. The van der Waals surface area contributed by atoms with Gasteiger partial charge in [0.1, 0.15) is 0 Å². The molecule has 0 atom stereocenters. The zero-order valence-corrected chi connectivity index (χ0v) is 12.4. The quantitative estimate of drug-likeness (QED) is 0.876. The zero-order valence-electron chi connectivity index (χ0n) is 12.4. The molecule has 22 heavy (non-hydrogen) atoms. The molecule has 0 spiro atoms. The molecule has 1 saturated heterocycles. The third-order valence-corrected chi connectivity index (χ3v) is 3.64. The molecule has 0 bridgehead atoms. The number of carbonyl (C=O) groups is 2. The van der Waals surface area contributed by atoms with Gasteiger partial charge < -0.3 is 15.1 Å². The highest BCUT2D eigenvalue weighted by Crippen LogP contribution is 2.12. The fourth-order valence-electron chi connectivity index (χ4n) is 2.29. The summed E-state index contributed by atoms with van der Waals surface area (Å²) >= 11 is 0. The molecule has 0 aromatic heterocycles. The Kier molecular flexibility index (Phi) is 5.43. The summed E-state index contributed by atoms with van der Waals surface area (Å²) < 4.78 is 26.7. The highest BCUT2D eigenvalue weighted by atomic mass is 19.2. The summed E-state index contributed by atoms with van der Waals surface area (Å²) in [6, 6.07) is 3.72. The number of rotatable bonds is 4. The van der Waals surface area contributed by atoms with Gasteiger partial charge in [-0.1, -0.05) is 12.1 Å². The number of piperazine rings is 1. The van der Waals surface area contributed by atoms with Crippen molar-refractivity contribution in [2.45, 2.75) is 6.42 Å². The minimum Gasteiger partial charge on any atom is -0.339 e. The van der Waals surface area contributed by atoms with E-state index in [-0.39, 0.29) is 24.4 Å². The van der Waals surface area contributed by atoms with Crippen molar-refractivity contribution in [3.05, 3.63) is 35.4 Å². The van der Waals surface area contributed by atoms with E-state index in [2.05, 4.69) is 5.32 Å². The first-order chi connectivity index (χ1) is 10.5. The summed E-state index contributed by atoms with van der Waals surface area (Å²) in [6.45, 7) is 2.63. The Balaban J connectivity index is 1.91. The molecule has 1 fully saturated rings. The highest BCUT2D eigenvalue weighted by Gasteiger charge is 2.21. The van der Waals surface area contributed by atoms with Crippen molar-refractivity contribution < 1.29 is 18.4 Å². The van der Waals surface area contributed by atoms with Crippen molar-refractivity contribution in [3.63, 3.8) is 0 Å². The van der Waals surface area contributed by atoms with Gasteiger partial charge in [-0.3, -0.25) is 9.59 Å². The number of likely N-dealkylation sites (N-methyl/N-ethyl adjacent to an activating group) is 1. The van der Waals surface area contributed by atoms with Crippen molar-refractivity contribution in [1.29, 1.82) is 0 Å². The second kappa shape index (κ2) is 7.31. The maximum Gasteiger partial charge on any atom is 0.242 e. The molecule has 0 saturated carbocycles. The van der Waals surface area contributed by atoms with E-state index in [0.717, 1.165) is 19.2 Å². The van der Waals surface area contributed by atoms with Crippen LogP contribution in [0.1, 0.15) is 5.56 Å². The molecule has 0 unspecified atom stereocenters. The van der Waals surface area contributed by atoms with Crippen LogP contribution in [0.3, 0.4) is 0 Å². The van der Waals surface area contributed by atoms with Gasteiger partial charge in [-0.25, -0.2) is 8.78 Å². The molecule has 1 N–H and O–H groups in total. The first-order valence-corrected chi connectivity index (χ1v) is 7.14. The fourth-order valence-corrected chi connectivity index (χ4v) is 2.29. The van der Waals surface area contributed by atoms with E-state index < -0.39 is 17.5 Å². The van der Waals surface area contributed by atoms with Crippen LogP contribution in [-0.2, 0) is 16.0 Å². The molecule has 1 aliphatic heterocycles. The molecule has 0 radical (unpaired) electrons. The lowest BCUT2D eigenvalue weighted by Gasteiger charge is -2.29. The van der Waals surface area contributed by atoms with E-state index in [9.17, 15) is 18.4 Å². The molecule has 7 heteroatoms. The SMILES string of the molecule is CN(CC(=O)N1CCNCC1)C(=O)Cc1cccc(F)c1F. The van der Waals surface area contributed by atoms with Crippen LogP contribution < -0.4 is 5.32 Å². The molecular formula is C15H19F2N3O2. The van der Waals surface area contributed by atoms with Crippen molar-refractivity contribution in [3.8, 4) is 0 Å². The zero-order chi connectivity index (χ0) is 16.1. The predicted octanol–water partition coefficient (Wildman–Crippen LogP) is 0.398. The monoisotopic (exact) mass is 311 g/mol. The van der Waals surface area contributed by atoms with Crippen LogP contribution in [0.5, 0.6) is 0 Å². The minimum atomic E-state index is -1.02. The number of carbonyl (C=O) groups excluding carboxylic acids is 2. The molecule has 5 nitrogen and oxygen atoms in total. The Hall–Kier alpha value is -2.02. The van der Waals surface area contributed by atoms with Crippen LogP contribution in [0.25, 0.3) is 0 Å². The minimum absolute atomic E-state index is 0.00790. The van der Waals surface area contributed by atoms with Crippen LogP contribution in [0.15, 0.2) is 18.2 Å². The van der Waals surface area contributed by atoms with Crippen LogP contribution >= 0.6 is 0 Å². The average Bonchev–Trinajstić information content (AvgIpc) is 2.52. The van der Waals surface area contributed by atoms with E-state index in [1.54, 1.807) is 4.90 Å². The van der Waals surface area contributed by atoms with Crippen molar-refractivity contribution in [2.75, 3.05) is 39.8 Å². The predicted molar refractivity (Wildman–Crippen MR) is 77.1 cm³/mol. The van der Waals surface area contributed by atoms with Gasteiger partial charge in [0.05, 0.1) is 13.0 Å². The largest absolute Gasteiger partial charge is 0.339 e. The Morgan fingerprint density at radius 3 is 2.64 bits per heavy atom. The van der Waals surface area contributed by atoms with Gasteiger partial charge >= 0.3 is 0 Å². The lowest BCUT2D eigenvalue weighted by molar-refractivity contribution is -0.139. The normalized spacial score (nSPS) is 14.8. The van der Waals surface area contributed by atoms with Crippen molar-refractivity contribution in [2.24, 2.45) is 0 Å². The Morgan fingerprint density at radius 2 is 1.95 bits per heavy atom. The van der Waals surface area contributed by atoms with Gasteiger partial charge in [0.15, 0.2) is 11.6 Å². The summed E-state index contributed by atoms with van der Waals surface area (Å²) in [4.78, 5) is 27.0. The second-order valence-corrected chi connectivity index (χ2v) is 5.27. The first-order valence-electron chi connectivity index (χ1n) is 7.14. The van der Waals surface area contributed by atoms with Crippen molar-refractivity contribution in [1.82, 2.24) is 15.1 Å². The number of nitrogens with one attached hydrogen (secondary N) is 1. The molecule has 0 aliphatic carbocycles. The van der Waals surface area contributed by atoms with E-state index in [1.165, 1.54) is 24.1 Å².